The van der Waals surface area contributed by atoms with Crippen molar-refractivity contribution in [2.45, 2.75) is 45.2 Å². The van der Waals surface area contributed by atoms with Gasteiger partial charge in [0.2, 0.25) is 0 Å². The van der Waals surface area contributed by atoms with E-state index in [-0.39, 0.29) is 0 Å². The molecule has 0 radical (unpaired) electrons. The van der Waals surface area contributed by atoms with Gasteiger partial charge >= 0.3 is 0 Å². The standard InChI is InChI=1S/C23H31NO3/c1-17-9-8-10-18(13-17)20-11-6-5-7-12-24(20)16-19-14-22(26-3)23(27-4)15-21(19)25-2/h8-10,13-15,20H,5-7,11-12,16H2,1-4H3/t20-/m1/s1. The quantitative estimate of drug-likeness (QED) is 0.706. The van der Waals surface area contributed by atoms with E-state index < -0.39 is 0 Å². The lowest BCUT2D eigenvalue weighted by atomic mass is 9.98. The molecule has 2 aromatic rings. The minimum Gasteiger partial charge on any atom is -0.496 e. The number of methoxy groups -OCH3 is 3. The predicted molar refractivity (Wildman–Crippen MR) is 109 cm³/mol. The van der Waals surface area contributed by atoms with E-state index in [0.29, 0.717) is 11.8 Å². The average Bonchev–Trinajstić information content (AvgIpc) is 2.93. The summed E-state index contributed by atoms with van der Waals surface area (Å²) in [6.07, 6.45) is 5.00. The molecule has 0 amide bonds. The van der Waals surface area contributed by atoms with Crippen LogP contribution < -0.4 is 14.2 Å². The lowest BCUT2D eigenvalue weighted by molar-refractivity contribution is 0.189. The third kappa shape index (κ3) is 4.56. The van der Waals surface area contributed by atoms with Crippen molar-refractivity contribution in [1.29, 1.82) is 0 Å². The average molecular weight is 370 g/mol. The summed E-state index contributed by atoms with van der Waals surface area (Å²) in [5.74, 6) is 2.29. The van der Waals surface area contributed by atoms with Crippen LogP contribution in [0.3, 0.4) is 0 Å². The molecule has 0 saturated carbocycles. The van der Waals surface area contributed by atoms with Crippen molar-refractivity contribution in [3.8, 4) is 17.2 Å². The molecule has 1 aliphatic heterocycles. The summed E-state index contributed by atoms with van der Waals surface area (Å²) in [7, 11) is 5.04. The number of benzene rings is 2. The van der Waals surface area contributed by atoms with Gasteiger partial charge in [-0.2, -0.15) is 0 Å². The maximum absolute atomic E-state index is 5.66. The number of nitrogens with zero attached hydrogens (tertiary/aromatic N) is 1. The zero-order valence-electron chi connectivity index (χ0n) is 17.0. The minimum absolute atomic E-state index is 0.435. The summed E-state index contributed by atoms with van der Waals surface area (Å²) in [5, 5.41) is 0. The maximum atomic E-state index is 5.66. The molecule has 1 aliphatic rings. The van der Waals surface area contributed by atoms with E-state index in [2.05, 4.69) is 42.2 Å². The molecular formula is C23H31NO3. The van der Waals surface area contributed by atoms with E-state index in [1.165, 1.54) is 36.8 Å². The molecule has 27 heavy (non-hydrogen) atoms. The van der Waals surface area contributed by atoms with Crippen molar-refractivity contribution >= 4 is 0 Å². The minimum atomic E-state index is 0.435. The van der Waals surface area contributed by atoms with Crippen molar-refractivity contribution in [3.05, 3.63) is 53.1 Å². The first-order chi connectivity index (χ1) is 13.2. The number of hydrogen-bond donors (Lipinski definition) is 0. The number of aryl methyl sites for hydroxylation is 1. The maximum Gasteiger partial charge on any atom is 0.164 e. The Morgan fingerprint density at radius 2 is 1.63 bits per heavy atom. The van der Waals surface area contributed by atoms with Crippen LogP contribution in [0.15, 0.2) is 36.4 Å². The molecule has 2 aromatic carbocycles. The number of rotatable bonds is 6. The Labute approximate surface area is 163 Å². The predicted octanol–water partition coefficient (Wildman–Crippen LogP) is 5.14. The molecule has 1 saturated heterocycles. The van der Waals surface area contributed by atoms with Gasteiger partial charge in [0.15, 0.2) is 11.5 Å². The summed E-state index contributed by atoms with van der Waals surface area (Å²) in [5.41, 5.74) is 3.87. The molecule has 0 bridgehead atoms. The molecule has 0 aliphatic carbocycles. The van der Waals surface area contributed by atoms with Crippen LogP contribution >= 0.6 is 0 Å². The molecule has 1 fully saturated rings. The Morgan fingerprint density at radius 1 is 0.889 bits per heavy atom. The van der Waals surface area contributed by atoms with Crippen molar-refractivity contribution in [1.82, 2.24) is 4.90 Å². The Bertz CT molecular complexity index is 759. The fourth-order valence-corrected chi connectivity index (χ4v) is 4.05. The molecule has 0 N–H and O–H groups in total. The number of likely N-dealkylation sites (tertiary alicyclic amines) is 1. The second-order valence-corrected chi connectivity index (χ2v) is 7.27. The van der Waals surface area contributed by atoms with Crippen LogP contribution in [-0.4, -0.2) is 32.8 Å². The topological polar surface area (TPSA) is 30.9 Å². The number of ether oxygens (including phenoxy) is 3. The van der Waals surface area contributed by atoms with Gasteiger partial charge in [-0.05, 0) is 37.9 Å². The highest BCUT2D eigenvalue weighted by atomic mass is 16.5. The van der Waals surface area contributed by atoms with Gasteiger partial charge in [0.05, 0.1) is 21.3 Å². The SMILES string of the molecule is COc1cc(OC)c(OC)cc1CN1CCCCC[C@@H]1c1cccc(C)c1. The molecule has 0 spiro atoms. The Morgan fingerprint density at radius 3 is 2.33 bits per heavy atom. The third-order valence-electron chi connectivity index (χ3n) is 5.45. The first-order valence-electron chi connectivity index (χ1n) is 9.75. The van der Waals surface area contributed by atoms with Gasteiger partial charge < -0.3 is 14.2 Å². The van der Waals surface area contributed by atoms with Crippen LogP contribution in [-0.2, 0) is 6.54 Å². The Balaban J connectivity index is 1.93. The molecule has 0 aromatic heterocycles. The van der Waals surface area contributed by atoms with Crippen molar-refractivity contribution < 1.29 is 14.2 Å². The van der Waals surface area contributed by atoms with E-state index in [9.17, 15) is 0 Å². The smallest absolute Gasteiger partial charge is 0.164 e. The first-order valence-corrected chi connectivity index (χ1v) is 9.75. The van der Waals surface area contributed by atoms with Crippen molar-refractivity contribution in [2.24, 2.45) is 0 Å². The summed E-state index contributed by atoms with van der Waals surface area (Å²) in [4.78, 5) is 2.59. The highest BCUT2D eigenvalue weighted by Gasteiger charge is 2.24. The largest absolute Gasteiger partial charge is 0.496 e. The molecule has 4 heteroatoms. The van der Waals surface area contributed by atoms with E-state index in [4.69, 9.17) is 14.2 Å². The van der Waals surface area contributed by atoms with Gasteiger partial charge in [0, 0.05) is 24.2 Å². The summed E-state index contributed by atoms with van der Waals surface area (Å²) < 4.78 is 16.6. The second kappa shape index (κ2) is 9.14. The van der Waals surface area contributed by atoms with Gasteiger partial charge in [-0.15, -0.1) is 0 Å². The van der Waals surface area contributed by atoms with Crippen LogP contribution in [0, 0.1) is 6.92 Å². The zero-order valence-corrected chi connectivity index (χ0v) is 17.0. The van der Waals surface area contributed by atoms with E-state index in [1.807, 2.05) is 6.07 Å². The van der Waals surface area contributed by atoms with Crippen molar-refractivity contribution in [2.75, 3.05) is 27.9 Å². The van der Waals surface area contributed by atoms with Crippen LogP contribution in [0.4, 0.5) is 0 Å². The fraction of sp³-hybridized carbons (Fsp3) is 0.478. The van der Waals surface area contributed by atoms with E-state index >= 15 is 0 Å². The summed E-state index contributed by atoms with van der Waals surface area (Å²) in [6.45, 7) is 4.10. The van der Waals surface area contributed by atoms with Crippen LogP contribution in [0.1, 0.15) is 48.4 Å². The second-order valence-electron chi connectivity index (χ2n) is 7.27. The van der Waals surface area contributed by atoms with Gasteiger partial charge in [0.25, 0.3) is 0 Å². The van der Waals surface area contributed by atoms with Gasteiger partial charge in [-0.1, -0.05) is 42.7 Å². The third-order valence-corrected chi connectivity index (χ3v) is 5.45. The van der Waals surface area contributed by atoms with Crippen LogP contribution in [0.2, 0.25) is 0 Å². The van der Waals surface area contributed by atoms with E-state index in [1.54, 1.807) is 21.3 Å². The first kappa shape index (κ1) is 19.6. The fourth-order valence-electron chi connectivity index (χ4n) is 4.05. The molecule has 4 nitrogen and oxygen atoms in total. The summed E-state index contributed by atoms with van der Waals surface area (Å²) >= 11 is 0. The molecule has 0 unspecified atom stereocenters. The summed E-state index contributed by atoms with van der Waals surface area (Å²) in [6, 6.07) is 13.3. The highest BCUT2D eigenvalue weighted by molar-refractivity contribution is 5.50. The van der Waals surface area contributed by atoms with Gasteiger partial charge in [-0.3, -0.25) is 4.90 Å². The normalized spacial score (nSPS) is 18.0. The Hall–Kier alpha value is -2.20. The molecular weight excluding hydrogens is 338 g/mol. The Kier molecular flexibility index (Phi) is 6.62. The van der Waals surface area contributed by atoms with E-state index in [0.717, 1.165) is 30.2 Å². The monoisotopic (exact) mass is 369 g/mol. The van der Waals surface area contributed by atoms with Crippen LogP contribution in [0.25, 0.3) is 0 Å². The molecule has 1 atom stereocenters. The molecule has 146 valence electrons. The lowest BCUT2D eigenvalue weighted by Crippen LogP contribution is -2.28. The van der Waals surface area contributed by atoms with Crippen LogP contribution in [0.5, 0.6) is 17.2 Å². The lowest BCUT2D eigenvalue weighted by Gasteiger charge is -2.31. The van der Waals surface area contributed by atoms with Gasteiger partial charge in [0.1, 0.15) is 5.75 Å². The molecule has 3 rings (SSSR count). The van der Waals surface area contributed by atoms with Gasteiger partial charge in [-0.25, -0.2) is 0 Å². The number of hydrogen-bond acceptors (Lipinski definition) is 4. The van der Waals surface area contributed by atoms with Crippen molar-refractivity contribution in [3.63, 3.8) is 0 Å². The highest BCUT2D eigenvalue weighted by Crippen LogP contribution is 2.38. The molecule has 1 heterocycles. The zero-order chi connectivity index (χ0) is 19.2.